The van der Waals surface area contributed by atoms with Gasteiger partial charge >= 0.3 is 0 Å². The summed E-state index contributed by atoms with van der Waals surface area (Å²) in [6.07, 6.45) is 3.75. The Balaban J connectivity index is 1.89. The Labute approximate surface area is 144 Å². The fraction of sp³-hybridized carbons (Fsp3) is 0.588. The maximum Gasteiger partial charge on any atom is 0.258 e. The van der Waals surface area contributed by atoms with E-state index in [0.717, 1.165) is 25.7 Å². The van der Waals surface area contributed by atoms with Crippen LogP contribution in [0.1, 0.15) is 39.5 Å². The number of ether oxygens (including phenoxy) is 1. The number of nitrogens with one attached hydrogen (secondary N) is 1. The predicted octanol–water partition coefficient (Wildman–Crippen LogP) is 2.15. The van der Waals surface area contributed by atoms with Crippen LogP contribution in [0.4, 0.5) is 0 Å². The van der Waals surface area contributed by atoms with Gasteiger partial charge in [-0.2, -0.15) is 4.31 Å². The molecule has 1 fully saturated rings. The first-order valence-electron chi connectivity index (χ1n) is 8.46. The zero-order valence-electron chi connectivity index (χ0n) is 14.3. The normalized spacial score (nSPS) is 16.8. The molecule has 1 N–H and O–H groups in total. The van der Waals surface area contributed by atoms with Crippen molar-refractivity contribution in [2.24, 2.45) is 0 Å². The monoisotopic (exact) mass is 354 g/mol. The highest BCUT2D eigenvalue weighted by atomic mass is 32.2. The molecule has 0 unspecified atom stereocenters. The van der Waals surface area contributed by atoms with Gasteiger partial charge in [-0.3, -0.25) is 4.79 Å². The Morgan fingerprint density at radius 1 is 1.25 bits per heavy atom. The molecule has 1 atom stereocenters. The van der Waals surface area contributed by atoms with Gasteiger partial charge < -0.3 is 10.1 Å². The van der Waals surface area contributed by atoms with Crippen LogP contribution in [0.15, 0.2) is 29.2 Å². The van der Waals surface area contributed by atoms with E-state index in [9.17, 15) is 13.2 Å². The number of rotatable bonds is 8. The number of carbonyl (C=O) groups excluding carboxylic acids is 1. The van der Waals surface area contributed by atoms with E-state index in [-0.39, 0.29) is 23.5 Å². The van der Waals surface area contributed by atoms with Crippen molar-refractivity contribution in [3.05, 3.63) is 24.3 Å². The molecule has 1 saturated heterocycles. The van der Waals surface area contributed by atoms with Gasteiger partial charge in [-0.25, -0.2) is 8.42 Å². The van der Waals surface area contributed by atoms with E-state index in [1.54, 1.807) is 12.1 Å². The number of amides is 1. The van der Waals surface area contributed by atoms with Crippen molar-refractivity contribution in [2.45, 2.75) is 50.5 Å². The molecule has 134 valence electrons. The summed E-state index contributed by atoms with van der Waals surface area (Å²) in [4.78, 5) is 12.0. The SMILES string of the molecule is CCC[C@@H](C)NC(=O)COc1ccc(S(=O)(=O)N2CCCC2)cc1. The highest BCUT2D eigenvalue weighted by Crippen LogP contribution is 2.22. The second-order valence-corrected chi connectivity index (χ2v) is 8.07. The summed E-state index contributed by atoms with van der Waals surface area (Å²) >= 11 is 0. The molecule has 0 spiro atoms. The average molecular weight is 354 g/mol. The maximum absolute atomic E-state index is 12.4. The molecule has 24 heavy (non-hydrogen) atoms. The van der Waals surface area contributed by atoms with Gasteiger partial charge in [0.15, 0.2) is 6.61 Å². The van der Waals surface area contributed by atoms with Gasteiger partial charge in [0.05, 0.1) is 4.90 Å². The van der Waals surface area contributed by atoms with Crippen LogP contribution in [-0.2, 0) is 14.8 Å². The van der Waals surface area contributed by atoms with Crippen LogP contribution in [0.5, 0.6) is 5.75 Å². The zero-order chi connectivity index (χ0) is 17.6. The van der Waals surface area contributed by atoms with E-state index in [1.807, 2.05) is 6.92 Å². The van der Waals surface area contributed by atoms with Crippen molar-refractivity contribution in [3.63, 3.8) is 0 Å². The fourth-order valence-corrected chi connectivity index (χ4v) is 4.27. The lowest BCUT2D eigenvalue weighted by Crippen LogP contribution is -2.35. The molecule has 1 amide bonds. The summed E-state index contributed by atoms with van der Waals surface area (Å²) in [7, 11) is -3.41. The van der Waals surface area contributed by atoms with Gasteiger partial charge in [-0.1, -0.05) is 13.3 Å². The lowest BCUT2D eigenvalue weighted by atomic mass is 10.2. The Hall–Kier alpha value is -1.60. The van der Waals surface area contributed by atoms with Crippen molar-refractivity contribution in [3.8, 4) is 5.75 Å². The smallest absolute Gasteiger partial charge is 0.258 e. The van der Waals surface area contributed by atoms with Crippen molar-refractivity contribution in [1.29, 1.82) is 0 Å². The highest BCUT2D eigenvalue weighted by molar-refractivity contribution is 7.89. The first-order chi connectivity index (χ1) is 11.4. The maximum atomic E-state index is 12.4. The number of benzene rings is 1. The standard InChI is InChI=1S/C17H26N2O4S/c1-3-6-14(2)18-17(20)13-23-15-7-9-16(10-8-15)24(21,22)19-11-4-5-12-19/h7-10,14H,3-6,11-13H2,1-2H3,(H,18,20)/t14-/m1/s1. The van der Waals surface area contributed by atoms with Crippen LogP contribution in [0, 0.1) is 0 Å². The molecule has 2 rings (SSSR count). The van der Waals surface area contributed by atoms with Crippen LogP contribution in [0.2, 0.25) is 0 Å². The topological polar surface area (TPSA) is 75.7 Å². The van der Waals surface area contributed by atoms with Crippen LogP contribution in [-0.4, -0.2) is 44.4 Å². The number of nitrogens with zero attached hydrogens (tertiary/aromatic N) is 1. The summed E-state index contributed by atoms with van der Waals surface area (Å²) in [6, 6.07) is 6.36. The van der Waals surface area contributed by atoms with E-state index >= 15 is 0 Å². The molecule has 0 saturated carbocycles. The predicted molar refractivity (Wildman–Crippen MR) is 92.4 cm³/mol. The quantitative estimate of drug-likeness (QED) is 0.776. The van der Waals surface area contributed by atoms with Crippen LogP contribution >= 0.6 is 0 Å². The number of sulfonamides is 1. The van der Waals surface area contributed by atoms with Gasteiger partial charge in [-0.15, -0.1) is 0 Å². The Bertz CT molecular complexity index is 637. The summed E-state index contributed by atoms with van der Waals surface area (Å²) in [6.45, 7) is 5.11. The molecule has 1 aliphatic rings. The van der Waals surface area contributed by atoms with Gasteiger partial charge in [0.2, 0.25) is 10.0 Å². The van der Waals surface area contributed by atoms with Gasteiger partial charge in [-0.05, 0) is 50.5 Å². The Morgan fingerprint density at radius 3 is 2.46 bits per heavy atom. The van der Waals surface area contributed by atoms with Crippen LogP contribution < -0.4 is 10.1 Å². The van der Waals surface area contributed by atoms with Gasteiger partial charge in [0.25, 0.3) is 5.91 Å². The minimum atomic E-state index is -3.41. The number of carbonyl (C=O) groups is 1. The van der Waals surface area contributed by atoms with Crippen molar-refractivity contribution in [2.75, 3.05) is 19.7 Å². The zero-order valence-corrected chi connectivity index (χ0v) is 15.1. The molecule has 0 aromatic heterocycles. The van der Waals surface area contributed by atoms with Crippen molar-refractivity contribution < 1.29 is 17.9 Å². The average Bonchev–Trinajstić information content (AvgIpc) is 3.09. The summed E-state index contributed by atoms with van der Waals surface area (Å²) in [5, 5.41) is 2.86. The molecule has 0 aliphatic carbocycles. The fourth-order valence-electron chi connectivity index (χ4n) is 2.76. The van der Waals surface area contributed by atoms with E-state index in [0.29, 0.717) is 18.8 Å². The molecule has 1 heterocycles. The lowest BCUT2D eigenvalue weighted by Gasteiger charge is -2.16. The van der Waals surface area contributed by atoms with E-state index in [2.05, 4.69) is 12.2 Å². The molecule has 6 nitrogen and oxygen atoms in total. The third-order valence-electron chi connectivity index (χ3n) is 4.03. The summed E-state index contributed by atoms with van der Waals surface area (Å²) in [5.74, 6) is 0.304. The first-order valence-corrected chi connectivity index (χ1v) is 9.90. The molecule has 0 bridgehead atoms. The van der Waals surface area contributed by atoms with Gasteiger partial charge in [0, 0.05) is 19.1 Å². The molecular formula is C17H26N2O4S. The second-order valence-electron chi connectivity index (χ2n) is 6.13. The largest absolute Gasteiger partial charge is 0.484 e. The molecule has 1 aliphatic heterocycles. The third kappa shape index (κ3) is 4.95. The summed E-state index contributed by atoms with van der Waals surface area (Å²) < 4.78 is 31.8. The van der Waals surface area contributed by atoms with Gasteiger partial charge in [0.1, 0.15) is 5.75 Å². The molecule has 0 radical (unpaired) electrons. The van der Waals surface area contributed by atoms with Crippen molar-refractivity contribution >= 4 is 15.9 Å². The number of hydrogen-bond donors (Lipinski definition) is 1. The summed E-state index contributed by atoms with van der Waals surface area (Å²) in [5.41, 5.74) is 0. The molecular weight excluding hydrogens is 328 g/mol. The molecule has 1 aromatic rings. The molecule has 7 heteroatoms. The van der Waals surface area contributed by atoms with E-state index < -0.39 is 10.0 Å². The van der Waals surface area contributed by atoms with Crippen molar-refractivity contribution in [1.82, 2.24) is 9.62 Å². The van der Waals surface area contributed by atoms with Crippen LogP contribution in [0.3, 0.4) is 0 Å². The Morgan fingerprint density at radius 2 is 1.88 bits per heavy atom. The second kappa shape index (κ2) is 8.48. The highest BCUT2D eigenvalue weighted by Gasteiger charge is 2.26. The first kappa shape index (κ1) is 18.7. The number of hydrogen-bond acceptors (Lipinski definition) is 4. The van der Waals surface area contributed by atoms with Crippen LogP contribution in [0.25, 0.3) is 0 Å². The Kier molecular flexibility index (Phi) is 6.62. The minimum absolute atomic E-state index is 0.0771. The lowest BCUT2D eigenvalue weighted by molar-refractivity contribution is -0.123. The van der Waals surface area contributed by atoms with E-state index in [1.165, 1.54) is 16.4 Å². The molecule has 1 aromatic carbocycles. The third-order valence-corrected chi connectivity index (χ3v) is 5.94. The van der Waals surface area contributed by atoms with E-state index in [4.69, 9.17) is 4.74 Å². The minimum Gasteiger partial charge on any atom is -0.484 e.